The van der Waals surface area contributed by atoms with E-state index >= 15 is 0 Å². The number of carbonyl (C=O) groups is 1. The minimum atomic E-state index is 0.0731. The van der Waals surface area contributed by atoms with Crippen LogP contribution < -0.4 is 0 Å². The Morgan fingerprint density at radius 2 is 1.70 bits per heavy atom. The van der Waals surface area contributed by atoms with Crippen molar-refractivity contribution in [2.24, 2.45) is 0 Å². The van der Waals surface area contributed by atoms with Gasteiger partial charge in [0.05, 0.1) is 0 Å². The summed E-state index contributed by atoms with van der Waals surface area (Å²) in [5, 5.41) is 6.34. The van der Waals surface area contributed by atoms with Crippen LogP contribution in [0.5, 0.6) is 0 Å². The van der Waals surface area contributed by atoms with Crippen LogP contribution in [0.25, 0.3) is 22.3 Å². The van der Waals surface area contributed by atoms with Crippen molar-refractivity contribution in [3.05, 3.63) is 85.2 Å². The molecule has 0 bridgehead atoms. The van der Waals surface area contributed by atoms with E-state index in [0.29, 0.717) is 35.8 Å². The highest BCUT2D eigenvalue weighted by molar-refractivity contribution is 6.00. The molecule has 27 heavy (non-hydrogen) atoms. The summed E-state index contributed by atoms with van der Waals surface area (Å²) in [6.07, 6.45) is 5.54. The zero-order valence-electron chi connectivity index (χ0n) is 14.6. The molecule has 0 fully saturated rings. The van der Waals surface area contributed by atoms with Crippen LogP contribution in [0.4, 0.5) is 0 Å². The third kappa shape index (κ3) is 3.50. The molecule has 4 rings (SSSR count). The Hall–Kier alpha value is -3.67. The van der Waals surface area contributed by atoms with E-state index < -0.39 is 0 Å². The van der Waals surface area contributed by atoms with Crippen LogP contribution in [0.15, 0.2) is 73.8 Å². The second-order valence-corrected chi connectivity index (χ2v) is 6.13. The first kappa shape index (κ1) is 16.8. The number of ketones is 1. The Balaban J connectivity index is 1.48. The minimum Gasteiger partial charge on any atom is -0.294 e. The lowest BCUT2D eigenvalue weighted by molar-refractivity contribution is 0.0984. The summed E-state index contributed by atoms with van der Waals surface area (Å²) in [6.45, 7) is 4.07. The number of fused-ring (bicyclic) bond motifs is 1. The van der Waals surface area contributed by atoms with Gasteiger partial charge in [0.2, 0.25) is 0 Å². The molecule has 4 aromatic rings. The summed E-state index contributed by atoms with van der Waals surface area (Å²) in [5.41, 5.74) is 1.42. The smallest absolute Gasteiger partial charge is 0.252 e. The summed E-state index contributed by atoms with van der Waals surface area (Å²) in [5.74, 6) is 1.06. The molecule has 0 amide bonds. The standard InChI is InChI=1S/C21H17N5O/c1-15(20-24-14-25-26(20)21-22-11-4-12-23-21)7-10-19(27)18-9-8-16-5-2-3-6-17(16)13-18/h2-6,8-9,11-14H,1,7,10H2. The van der Waals surface area contributed by atoms with E-state index in [9.17, 15) is 4.79 Å². The fourth-order valence-corrected chi connectivity index (χ4v) is 2.91. The van der Waals surface area contributed by atoms with Crippen LogP contribution in [0.3, 0.4) is 0 Å². The quantitative estimate of drug-likeness (QED) is 0.491. The lowest BCUT2D eigenvalue weighted by Gasteiger charge is -2.07. The van der Waals surface area contributed by atoms with E-state index in [0.717, 1.165) is 10.8 Å². The third-order valence-corrected chi connectivity index (χ3v) is 4.33. The van der Waals surface area contributed by atoms with Gasteiger partial charge in [0.25, 0.3) is 5.95 Å². The van der Waals surface area contributed by atoms with Crippen LogP contribution in [-0.2, 0) is 0 Å². The Morgan fingerprint density at radius 1 is 0.926 bits per heavy atom. The number of aromatic nitrogens is 5. The monoisotopic (exact) mass is 355 g/mol. The molecule has 6 nitrogen and oxygen atoms in total. The van der Waals surface area contributed by atoms with Crippen molar-refractivity contribution < 1.29 is 4.79 Å². The molecule has 2 heterocycles. The molecule has 0 aliphatic carbocycles. The average Bonchev–Trinajstić information content (AvgIpc) is 3.22. The maximum Gasteiger partial charge on any atom is 0.252 e. The van der Waals surface area contributed by atoms with Gasteiger partial charge in [-0.2, -0.15) is 9.78 Å². The number of rotatable bonds is 6. The average molecular weight is 355 g/mol. The highest BCUT2D eigenvalue weighted by Crippen LogP contribution is 2.21. The highest BCUT2D eigenvalue weighted by atomic mass is 16.1. The normalized spacial score (nSPS) is 10.8. The molecule has 0 saturated heterocycles. The van der Waals surface area contributed by atoms with E-state index in [-0.39, 0.29) is 5.78 Å². The van der Waals surface area contributed by atoms with E-state index in [1.54, 1.807) is 18.5 Å². The first-order valence-corrected chi connectivity index (χ1v) is 8.60. The van der Waals surface area contributed by atoms with Crippen LogP contribution in [0.1, 0.15) is 29.0 Å². The molecule has 2 aromatic carbocycles. The largest absolute Gasteiger partial charge is 0.294 e. The van der Waals surface area contributed by atoms with Crippen LogP contribution in [0, 0.1) is 0 Å². The van der Waals surface area contributed by atoms with Crippen LogP contribution in [0.2, 0.25) is 0 Å². The van der Waals surface area contributed by atoms with Gasteiger partial charge in [-0.1, -0.05) is 43.0 Å². The van der Waals surface area contributed by atoms with Crippen molar-refractivity contribution in [1.29, 1.82) is 0 Å². The van der Waals surface area contributed by atoms with E-state index in [4.69, 9.17) is 0 Å². The van der Waals surface area contributed by atoms with Gasteiger partial charge in [0.15, 0.2) is 11.6 Å². The number of carbonyl (C=O) groups excluding carboxylic acids is 1. The van der Waals surface area contributed by atoms with Gasteiger partial charge in [-0.15, -0.1) is 0 Å². The maximum absolute atomic E-state index is 12.6. The Kier molecular flexibility index (Phi) is 4.53. The molecule has 0 aliphatic heterocycles. The summed E-state index contributed by atoms with van der Waals surface area (Å²) in [6, 6.07) is 15.5. The lowest BCUT2D eigenvalue weighted by Crippen LogP contribution is -2.07. The number of Topliss-reactive ketones (excluding diaryl/α,β-unsaturated/α-hetero) is 1. The number of hydrogen-bond donors (Lipinski definition) is 0. The lowest BCUT2D eigenvalue weighted by atomic mass is 10.0. The zero-order valence-corrected chi connectivity index (χ0v) is 14.6. The molecule has 0 unspecified atom stereocenters. The Morgan fingerprint density at radius 3 is 2.52 bits per heavy atom. The second-order valence-electron chi connectivity index (χ2n) is 6.13. The van der Waals surface area contributed by atoms with Crippen LogP contribution in [-0.4, -0.2) is 30.5 Å². The first-order chi connectivity index (χ1) is 13.2. The van der Waals surface area contributed by atoms with Gasteiger partial charge in [0.1, 0.15) is 6.33 Å². The summed E-state index contributed by atoms with van der Waals surface area (Å²) in [4.78, 5) is 25.2. The number of allylic oxidation sites excluding steroid dienone is 1. The molecule has 0 aliphatic rings. The van der Waals surface area contributed by atoms with Crippen molar-refractivity contribution in [3.8, 4) is 5.95 Å². The Labute approximate surface area is 156 Å². The fourth-order valence-electron chi connectivity index (χ4n) is 2.91. The number of benzene rings is 2. The molecular formula is C21H17N5O. The fraction of sp³-hybridized carbons (Fsp3) is 0.0952. The van der Waals surface area contributed by atoms with E-state index in [1.807, 2.05) is 42.5 Å². The number of nitrogens with zero attached hydrogens (tertiary/aromatic N) is 5. The van der Waals surface area contributed by atoms with E-state index in [1.165, 1.54) is 11.0 Å². The zero-order chi connectivity index (χ0) is 18.6. The first-order valence-electron chi connectivity index (χ1n) is 8.60. The molecular weight excluding hydrogens is 338 g/mol. The van der Waals surface area contributed by atoms with Gasteiger partial charge in [-0.3, -0.25) is 4.79 Å². The van der Waals surface area contributed by atoms with Crippen molar-refractivity contribution in [2.45, 2.75) is 12.8 Å². The van der Waals surface area contributed by atoms with Gasteiger partial charge in [-0.25, -0.2) is 15.0 Å². The minimum absolute atomic E-state index is 0.0731. The molecule has 2 aromatic heterocycles. The highest BCUT2D eigenvalue weighted by Gasteiger charge is 2.14. The summed E-state index contributed by atoms with van der Waals surface area (Å²) in [7, 11) is 0. The summed E-state index contributed by atoms with van der Waals surface area (Å²) < 4.78 is 1.53. The molecule has 0 atom stereocenters. The van der Waals surface area contributed by atoms with Crippen molar-refractivity contribution in [2.75, 3.05) is 0 Å². The summed E-state index contributed by atoms with van der Waals surface area (Å²) >= 11 is 0. The molecule has 6 heteroatoms. The van der Waals surface area contributed by atoms with E-state index in [2.05, 4.69) is 26.6 Å². The topological polar surface area (TPSA) is 73.6 Å². The van der Waals surface area contributed by atoms with Gasteiger partial charge >= 0.3 is 0 Å². The third-order valence-electron chi connectivity index (χ3n) is 4.33. The van der Waals surface area contributed by atoms with Crippen molar-refractivity contribution >= 4 is 22.1 Å². The SMILES string of the molecule is C=C(CCC(=O)c1ccc2ccccc2c1)c1ncnn1-c1ncccn1. The molecule has 0 spiro atoms. The van der Waals surface area contributed by atoms with Crippen LogP contribution >= 0.6 is 0 Å². The van der Waals surface area contributed by atoms with Crippen molar-refractivity contribution in [1.82, 2.24) is 24.7 Å². The second kappa shape index (κ2) is 7.29. The molecule has 132 valence electrons. The molecule has 0 radical (unpaired) electrons. The van der Waals surface area contributed by atoms with Gasteiger partial charge in [-0.05, 0) is 34.9 Å². The Bertz CT molecular complexity index is 1120. The van der Waals surface area contributed by atoms with Crippen molar-refractivity contribution in [3.63, 3.8) is 0 Å². The predicted octanol–water partition coefficient (Wildman–Crippen LogP) is 3.89. The molecule has 0 N–H and O–H groups in total. The number of hydrogen-bond acceptors (Lipinski definition) is 5. The maximum atomic E-state index is 12.6. The van der Waals surface area contributed by atoms with Gasteiger partial charge < -0.3 is 0 Å². The van der Waals surface area contributed by atoms with Gasteiger partial charge in [0, 0.05) is 24.4 Å². The predicted molar refractivity (Wildman–Crippen MR) is 103 cm³/mol. The molecule has 0 saturated carbocycles.